The zero-order valence-corrected chi connectivity index (χ0v) is 14.9. The number of likely N-dealkylation sites (tertiary alicyclic amines) is 1. The van der Waals surface area contributed by atoms with Crippen LogP contribution in [0.3, 0.4) is 0 Å². The lowest BCUT2D eigenvalue weighted by Gasteiger charge is -2.22. The van der Waals surface area contributed by atoms with E-state index in [1.807, 2.05) is 20.8 Å². The molecule has 1 atom stereocenters. The summed E-state index contributed by atoms with van der Waals surface area (Å²) in [5.41, 5.74) is 0.461. The molecule has 134 valence electrons. The Kier molecular flexibility index (Phi) is 4.49. The van der Waals surface area contributed by atoms with Crippen LogP contribution in [0.2, 0.25) is 0 Å². The second kappa shape index (κ2) is 6.46. The molecule has 1 aliphatic heterocycles. The van der Waals surface area contributed by atoms with Crippen molar-refractivity contribution < 1.29 is 18.4 Å². The lowest BCUT2D eigenvalue weighted by molar-refractivity contribution is -0.130. The topological polar surface area (TPSA) is 68.5 Å². The summed E-state index contributed by atoms with van der Waals surface area (Å²) in [7, 11) is 1.42. The molecule has 0 spiro atoms. The number of benzene rings is 1. The second-order valence-corrected chi connectivity index (χ2v) is 7.25. The van der Waals surface area contributed by atoms with Gasteiger partial charge in [0.15, 0.2) is 17.4 Å². The summed E-state index contributed by atoms with van der Waals surface area (Å²) in [6.45, 7) is 6.29. The van der Waals surface area contributed by atoms with Gasteiger partial charge in [-0.15, -0.1) is 0 Å². The minimum Gasteiger partial charge on any atom is -0.494 e. The van der Waals surface area contributed by atoms with Crippen LogP contribution in [0.15, 0.2) is 22.7 Å². The third kappa shape index (κ3) is 3.50. The van der Waals surface area contributed by atoms with Gasteiger partial charge in [-0.3, -0.25) is 4.79 Å². The number of amides is 1. The van der Waals surface area contributed by atoms with E-state index >= 15 is 0 Å². The van der Waals surface area contributed by atoms with Crippen molar-refractivity contribution in [2.75, 3.05) is 7.11 Å². The summed E-state index contributed by atoms with van der Waals surface area (Å²) >= 11 is 0. The van der Waals surface area contributed by atoms with Gasteiger partial charge >= 0.3 is 0 Å². The normalized spacial score (nSPS) is 18.0. The molecule has 1 unspecified atom stereocenters. The number of halogens is 1. The van der Waals surface area contributed by atoms with E-state index in [4.69, 9.17) is 9.26 Å². The van der Waals surface area contributed by atoms with Crippen molar-refractivity contribution in [1.82, 2.24) is 15.0 Å². The molecule has 0 aliphatic carbocycles. The molecule has 1 amide bonds. The molecule has 3 rings (SSSR count). The molecule has 0 N–H and O–H groups in total. The van der Waals surface area contributed by atoms with Crippen LogP contribution < -0.4 is 4.74 Å². The summed E-state index contributed by atoms with van der Waals surface area (Å²) in [6.07, 6.45) is 1.03. The number of rotatable bonds is 4. The Bertz CT molecular complexity index is 782. The standard InChI is InChI=1S/C18H22FN3O3/c1-18(2,3)17-20-16(25-21-17)13-6-8-15(23)22(13)10-11-5-7-14(24-4)12(19)9-11/h5,7,9,13H,6,8,10H2,1-4H3. The van der Waals surface area contributed by atoms with Crippen molar-refractivity contribution >= 4 is 5.91 Å². The average molecular weight is 347 g/mol. The van der Waals surface area contributed by atoms with Gasteiger partial charge in [0.2, 0.25) is 11.8 Å². The molecule has 6 nitrogen and oxygen atoms in total. The maximum atomic E-state index is 13.9. The summed E-state index contributed by atoms with van der Waals surface area (Å²) in [6, 6.07) is 4.42. The van der Waals surface area contributed by atoms with Gasteiger partial charge in [-0.2, -0.15) is 4.98 Å². The predicted octanol–water partition coefficient (Wildman–Crippen LogP) is 3.38. The minimum absolute atomic E-state index is 0.00302. The molecule has 25 heavy (non-hydrogen) atoms. The molecule has 1 fully saturated rings. The Morgan fingerprint density at radius 3 is 2.76 bits per heavy atom. The van der Waals surface area contributed by atoms with Crippen LogP contribution in [-0.4, -0.2) is 28.1 Å². The van der Waals surface area contributed by atoms with Crippen LogP contribution in [0.4, 0.5) is 4.39 Å². The van der Waals surface area contributed by atoms with Crippen molar-refractivity contribution in [2.45, 2.75) is 51.6 Å². The van der Waals surface area contributed by atoms with Gasteiger partial charge in [-0.05, 0) is 24.1 Å². The fraction of sp³-hybridized carbons (Fsp3) is 0.500. The van der Waals surface area contributed by atoms with Crippen LogP contribution in [0.25, 0.3) is 0 Å². The third-order valence-corrected chi connectivity index (χ3v) is 4.29. The Hall–Kier alpha value is -2.44. The molecule has 0 saturated carbocycles. The quantitative estimate of drug-likeness (QED) is 0.848. The average Bonchev–Trinajstić information content (AvgIpc) is 3.15. The molecule has 0 radical (unpaired) electrons. The maximum Gasteiger partial charge on any atom is 0.249 e. The lowest BCUT2D eigenvalue weighted by Crippen LogP contribution is -2.27. The Labute approximate surface area is 146 Å². The van der Waals surface area contributed by atoms with Crippen molar-refractivity contribution in [3.8, 4) is 5.75 Å². The first-order valence-electron chi connectivity index (χ1n) is 8.25. The van der Waals surface area contributed by atoms with Crippen LogP contribution in [-0.2, 0) is 16.8 Å². The first-order chi connectivity index (χ1) is 11.8. The highest BCUT2D eigenvalue weighted by Crippen LogP contribution is 2.34. The van der Waals surface area contributed by atoms with Crippen molar-refractivity contribution in [3.63, 3.8) is 0 Å². The van der Waals surface area contributed by atoms with E-state index in [0.29, 0.717) is 30.1 Å². The zero-order chi connectivity index (χ0) is 18.2. The van der Waals surface area contributed by atoms with Gasteiger partial charge in [-0.25, -0.2) is 4.39 Å². The number of ether oxygens (including phenoxy) is 1. The first-order valence-corrected chi connectivity index (χ1v) is 8.25. The fourth-order valence-electron chi connectivity index (χ4n) is 2.87. The number of hydrogen-bond donors (Lipinski definition) is 0. The molecule has 1 aliphatic rings. The van der Waals surface area contributed by atoms with Crippen LogP contribution in [0.1, 0.15) is 56.9 Å². The highest BCUT2D eigenvalue weighted by atomic mass is 19.1. The van der Waals surface area contributed by atoms with Crippen LogP contribution >= 0.6 is 0 Å². The largest absolute Gasteiger partial charge is 0.494 e. The van der Waals surface area contributed by atoms with E-state index in [9.17, 15) is 9.18 Å². The van der Waals surface area contributed by atoms with Gasteiger partial charge in [0.05, 0.1) is 7.11 Å². The van der Waals surface area contributed by atoms with Crippen molar-refractivity contribution in [3.05, 3.63) is 41.3 Å². The minimum atomic E-state index is -0.448. The molecular formula is C18H22FN3O3. The SMILES string of the molecule is COc1ccc(CN2C(=O)CCC2c2nc(C(C)(C)C)no2)cc1F. The van der Waals surface area contributed by atoms with E-state index in [2.05, 4.69) is 10.1 Å². The zero-order valence-electron chi connectivity index (χ0n) is 14.9. The number of methoxy groups -OCH3 is 1. The highest BCUT2D eigenvalue weighted by molar-refractivity contribution is 5.78. The lowest BCUT2D eigenvalue weighted by atomic mass is 9.96. The Balaban J connectivity index is 1.83. The molecule has 1 aromatic heterocycles. The highest BCUT2D eigenvalue weighted by Gasteiger charge is 2.36. The number of hydrogen-bond acceptors (Lipinski definition) is 5. The molecule has 2 heterocycles. The summed E-state index contributed by atoms with van der Waals surface area (Å²) in [4.78, 5) is 18.4. The van der Waals surface area contributed by atoms with E-state index in [1.54, 1.807) is 17.0 Å². The number of carbonyl (C=O) groups is 1. The molecule has 0 bridgehead atoms. The smallest absolute Gasteiger partial charge is 0.249 e. The van der Waals surface area contributed by atoms with E-state index in [-0.39, 0.29) is 29.7 Å². The fourth-order valence-corrected chi connectivity index (χ4v) is 2.87. The molecule has 1 aromatic carbocycles. The maximum absolute atomic E-state index is 13.9. The van der Waals surface area contributed by atoms with E-state index in [1.165, 1.54) is 13.2 Å². The molecule has 1 saturated heterocycles. The Morgan fingerprint density at radius 2 is 2.16 bits per heavy atom. The first kappa shape index (κ1) is 17.4. The predicted molar refractivity (Wildman–Crippen MR) is 88.5 cm³/mol. The number of aromatic nitrogens is 2. The number of carbonyl (C=O) groups excluding carboxylic acids is 1. The van der Waals surface area contributed by atoms with Crippen molar-refractivity contribution in [1.29, 1.82) is 0 Å². The van der Waals surface area contributed by atoms with E-state index in [0.717, 1.165) is 0 Å². The summed E-state index contributed by atoms with van der Waals surface area (Å²) in [5.74, 6) is 0.773. The number of nitrogens with zero attached hydrogens (tertiary/aromatic N) is 3. The summed E-state index contributed by atoms with van der Waals surface area (Å²) < 4.78 is 24.2. The molecular weight excluding hydrogens is 325 g/mol. The Morgan fingerprint density at radius 1 is 1.40 bits per heavy atom. The molecule has 2 aromatic rings. The molecule has 7 heteroatoms. The third-order valence-electron chi connectivity index (χ3n) is 4.29. The van der Waals surface area contributed by atoms with Crippen molar-refractivity contribution in [2.24, 2.45) is 0 Å². The second-order valence-electron chi connectivity index (χ2n) is 7.25. The van der Waals surface area contributed by atoms with Gasteiger partial charge in [0, 0.05) is 18.4 Å². The van der Waals surface area contributed by atoms with Gasteiger partial charge < -0.3 is 14.2 Å². The monoisotopic (exact) mass is 347 g/mol. The van der Waals surface area contributed by atoms with Gasteiger partial charge in [0.1, 0.15) is 6.04 Å². The van der Waals surface area contributed by atoms with Crippen LogP contribution in [0.5, 0.6) is 5.75 Å². The van der Waals surface area contributed by atoms with Gasteiger partial charge in [-0.1, -0.05) is 32.0 Å². The summed E-state index contributed by atoms with van der Waals surface area (Å²) in [5, 5.41) is 4.03. The van der Waals surface area contributed by atoms with E-state index < -0.39 is 5.82 Å². The van der Waals surface area contributed by atoms with Crippen LogP contribution in [0, 0.1) is 5.82 Å². The van der Waals surface area contributed by atoms with Gasteiger partial charge in [0.25, 0.3) is 0 Å².